The first kappa shape index (κ1) is 13.2. The average Bonchev–Trinajstić information content (AvgIpc) is 2.35. The van der Waals surface area contributed by atoms with E-state index in [-0.39, 0.29) is 12.6 Å². The Kier molecular flexibility index (Phi) is 4.64. The van der Waals surface area contributed by atoms with Crippen LogP contribution in [0.1, 0.15) is 24.1 Å². The summed E-state index contributed by atoms with van der Waals surface area (Å²) < 4.78 is 0. The molecule has 4 N–H and O–H groups in total. The quantitative estimate of drug-likeness (QED) is 0.669. The molecular formula is C12H15N3O2. The summed E-state index contributed by atoms with van der Waals surface area (Å²) in [7, 11) is 0. The first-order valence-corrected chi connectivity index (χ1v) is 5.25. The molecule has 0 saturated heterocycles. The van der Waals surface area contributed by atoms with E-state index in [0.717, 1.165) is 5.56 Å². The predicted molar refractivity (Wildman–Crippen MR) is 62.8 cm³/mol. The van der Waals surface area contributed by atoms with Crippen LogP contribution in [0.2, 0.25) is 0 Å². The van der Waals surface area contributed by atoms with Crippen molar-refractivity contribution in [2.24, 2.45) is 5.73 Å². The lowest BCUT2D eigenvalue weighted by molar-refractivity contribution is -0.125. The second kappa shape index (κ2) is 5.99. The van der Waals surface area contributed by atoms with Gasteiger partial charge < -0.3 is 16.2 Å². The fourth-order valence-electron chi connectivity index (χ4n) is 1.35. The van der Waals surface area contributed by atoms with E-state index in [9.17, 15) is 9.90 Å². The Morgan fingerprint density at radius 1 is 1.53 bits per heavy atom. The predicted octanol–water partition coefficient (Wildman–Crippen LogP) is 0.0551. The second-order valence-corrected chi connectivity index (χ2v) is 3.78. The van der Waals surface area contributed by atoms with E-state index >= 15 is 0 Å². The van der Waals surface area contributed by atoms with E-state index in [0.29, 0.717) is 5.56 Å². The number of benzene rings is 1. The minimum absolute atomic E-state index is 0.0308. The molecule has 2 unspecified atom stereocenters. The van der Waals surface area contributed by atoms with Crippen LogP contribution in [0.3, 0.4) is 0 Å². The van der Waals surface area contributed by atoms with Crippen molar-refractivity contribution in [3.8, 4) is 6.07 Å². The summed E-state index contributed by atoms with van der Waals surface area (Å²) in [5.41, 5.74) is 6.50. The molecule has 0 aliphatic rings. The molecule has 2 atom stereocenters. The second-order valence-electron chi connectivity index (χ2n) is 3.78. The largest absolute Gasteiger partial charge is 0.382 e. The summed E-state index contributed by atoms with van der Waals surface area (Å²) in [5, 5.41) is 20.9. The van der Waals surface area contributed by atoms with E-state index in [1.807, 2.05) is 25.1 Å². The fourth-order valence-corrected chi connectivity index (χ4v) is 1.35. The molecule has 1 aromatic carbocycles. The molecular weight excluding hydrogens is 218 g/mol. The van der Waals surface area contributed by atoms with Crippen LogP contribution in [0.25, 0.3) is 0 Å². The van der Waals surface area contributed by atoms with Crippen molar-refractivity contribution in [3.05, 3.63) is 35.4 Å². The van der Waals surface area contributed by atoms with Gasteiger partial charge in [0.25, 0.3) is 0 Å². The molecule has 0 spiro atoms. The number of rotatable bonds is 5. The van der Waals surface area contributed by atoms with E-state index in [1.54, 1.807) is 12.1 Å². The number of nitrogens with zero attached hydrogens (tertiary/aromatic N) is 1. The third-order valence-corrected chi connectivity index (χ3v) is 2.49. The SMILES string of the molecule is CC(NCC(O)C(N)=O)c1ccc(C#N)cc1. The molecule has 0 aliphatic heterocycles. The Balaban J connectivity index is 2.55. The lowest BCUT2D eigenvalue weighted by Crippen LogP contribution is -2.38. The van der Waals surface area contributed by atoms with E-state index in [1.165, 1.54) is 0 Å². The topological polar surface area (TPSA) is 99.1 Å². The Morgan fingerprint density at radius 3 is 2.59 bits per heavy atom. The minimum Gasteiger partial charge on any atom is -0.382 e. The van der Waals surface area contributed by atoms with Gasteiger partial charge in [0.05, 0.1) is 11.6 Å². The number of nitrogens with two attached hydrogens (primary N) is 1. The van der Waals surface area contributed by atoms with Gasteiger partial charge in [-0.15, -0.1) is 0 Å². The lowest BCUT2D eigenvalue weighted by Gasteiger charge is -2.15. The number of amides is 1. The summed E-state index contributed by atoms with van der Waals surface area (Å²) in [6.07, 6.45) is -1.18. The molecule has 1 aromatic rings. The summed E-state index contributed by atoms with van der Waals surface area (Å²) in [5.74, 6) is -0.746. The minimum atomic E-state index is -1.18. The Bertz CT molecular complexity index is 422. The summed E-state index contributed by atoms with van der Waals surface area (Å²) in [6.45, 7) is 2.01. The fraction of sp³-hybridized carbons (Fsp3) is 0.333. The van der Waals surface area contributed by atoms with Gasteiger partial charge in [0, 0.05) is 12.6 Å². The van der Waals surface area contributed by atoms with Crippen molar-refractivity contribution in [1.29, 1.82) is 5.26 Å². The normalized spacial score (nSPS) is 13.7. The van der Waals surface area contributed by atoms with Gasteiger partial charge in [-0.25, -0.2) is 0 Å². The number of carbonyl (C=O) groups excluding carboxylic acids is 1. The van der Waals surface area contributed by atoms with Crippen LogP contribution >= 0.6 is 0 Å². The van der Waals surface area contributed by atoms with Crippen LogP contribution in [0.4, 0.5) is 0 Å². The third-order valence-electron chi connectivity index (χ3n) is 2.49. The molecule has 0 heterocycles. The van der Waals surface area contributed by atoms with Gasteiger partial charge in [0.1, 0.15) is 6.10 Å². The van der Waals surface area contributed by atoms with Crippen molar-refractivity contribution in [1.82, 2.24) is 5.32 Å². The van der Waals surface area contributed by atoms with E-state index in [2.05, 4.69) is 5.32 Å². The van der Waals surface area contributed by atoms with Crippen molar-refractivity contribution in [2.75, 3.05) is 6.54 Å². The highest BCUT2D eigenvalue weighted by Gasteiger charge is 2.12. The van der Waals surface area contributed by atoms with Gasteiger partial charge in [0.15, 0.2) is 0 Å². The zero-order chi connectivity index (χ0) is 12.8. The number of aliphatic hydroxyl groups excluding tert-OH is 1. The van der Waals surface area contributed by atoms with Gasteiger partial charge in [0.2, 0.25) is 5.91 Å². The highest BCUT2D eigenvalue weighted by atomic mass is 16.3. The first-order chi connectivity index (χ1) is 8.04. The molecule has 5 nitrogen and oxygen atoms in total. The van der Waals surface area contributed by atoms with E-state index < -0.39 is 12.0 Å². The number of carbonyl (C=O) groups is 1. The highest BCUT2D eigenvalue weighted by molar-refractivity contribution is 5.78. The van der Waals surface area contributed by atoms with Crippen molar-refractivity contribution in [3.63, 3.8) is 0 Å². The Hall–Kier alpha value is -1.90. The molecule has 5 heteroatoms. The van der Waals surface area contributed by atoms with Gasteiger partial charge in [-0.1, -0.05) is 12.1 Å². The lowest BCUT2D eigenvalue weighted by atomic mass is 10.1. The Labute approximate surface area is 99.9 Å². The van der Waals surface area contributed by atoms with Crippen LogP contribution in [0.15, 0.2) is 24.3 Å². The number of nitriles is 1. The molecule has 0 aromatic heterocycles. The number of primary amides is 1. The van der Waals surface area contributed by atoms with Gasteiger partial charge in [-0.2, -0.15) is 5.26 Å². The van der Waals surface area contributed by atoms with Crippen molar-refractivity contribution < 1.29 is 9.90 Å². The number of nitrogens with one attached hydrogen (secondary N) is 1. The zero-order valence-corrected chi connectivity index (χ0v) is 9.55. The van der Waals surface area contributed by atoms with Gasteiger partial charge >= 0.3 is 0 Å². The molecule has 0 aliphatic carbocycles. The standard InChI is InChI=1S/C12H15N3O2/c1-8(15-7-11(16)12(14)17)10-4-2-9(6-13)3-5-10/h2-5,8,11,15-16H,7H2,1H3,(H2,14,17). The summed E-state index contributed by atoms with van der Waals surface area (Å²) >= 11 is 0. The zero-order valence-electron chi connectivity index (χ0n) is 9.55. The van der Waals surface area contributed by atoms with Crippen LogP contribution < -0.4 is 11.1 Å². The van der Waals surface area contributed by atoms with Crippen LogP contribution in [-0.2, 0) is 4.79 Å². The first-order valence-electron chi connectivity index (χ1n) is 5.25. The van der Waals surface area contributed by atoms with Crippen molar-refractivity contribution >= 4 is 5.91 Å². The molecule has 0 saturated carbocycles. The molecule has 0 bridgehead atoms. The van der Waals surface area contributed by atoms with Crippen LogP contribution in [0.5, 0.6) is 0 Å². The maximum absolute atomic E-state index is 10.6. The molecule has 0 fully saturated rings. The van der Waals surface area contributed by atoms with Crippen LogP contribution in [-0.4, -0.2) is 23.7 Å². The number of hydrogen-bond donors (Lipinski definition) is 3. The smallest absolute Gasteiger partial charge is 0.247 e. The van der Waals surface area contributed by atoms with Crippen molar-refractivity contribution in [2.45, 2.75) is 19.1 Å². The monoisotopic (exact) mass is 233 g/mol. The molecule has 1 rings (SSSR count). The third kappa shape index (κ3) is 3.87. The highest BCUT2D eigenvalue weighted by Crippen LogP contribution is 2.12. The molecule has 90 valence electrons. The maximum atomic E-state index is 10.6. The number of aliphatic hydroxyl groups is 1. The molecule has 17 heavy (non-hydrogen) atoms. The summed E-state index contributed by atoms with van der Waals surface area (Å²) in [6, 6.07) is 9.10. The average molecular weight is 233 g/mol. The molecule has 0 radical (unpaired) electrons. The van der Waals surface area contributed by atoms with Gasteiger partial charge in [-0.3, -0.25) is 4.79 Å². The van der Waals surface area contributed by atoms with E-state index in [4.69, 9.17) is 11.0 Å². The van der Waals surface area contributed by atoms with Gasteiger partial charge in [-0.05, 0) is 24.6 Å². The Morgan fingerprint density at radius 2 is 2.12 bits per heavy atom. The molecule has 1 amide bonds. The maximum Gasteiger partial charge on any atom is 0.247 e. The summed E-state index contributed by atoms with van der Waals surface area (Å²) in [4.78, 5) is 10.6. The van der Waals surface area contributed by atoms with Crippen LogP contribution in [0, 0.1) is 11.3 Å². The number of hydrogen-bond acceptors (Lipinski definition) is 4.